The lowest BCUT2D eigenvalue weighted by Crippen LogP contribution is -2.72. The Labute approximate surface area is 161 Å². The van der Waals surface area contributed by atoms with Gasteiger partial charge in [0.2, 0.25) is 5.72 Å². The molecule has 1 saturated heterocycles. The Kier molecular flexibility index (Phi) is 5.01. The molecule has 2 heterocycles. The van der Waals surface area contributed by atoms with Crippen LogP contribution in [0.15, 0.2) is 48.8 Å². The summed E-state index contributed by atoms with van der Waals surface area (Å²) in [5.74, 6) is -4.86. The number of urea groups is 1. The van der Waals surface area contributed by atoms with E-state index in [1.165, 1.54) is 23.6 Å². The molecule has 0 spiro atoms. The summed E-state index contributed by atoms with van der Waals surface area (Å²) in [6.07, 6.45) is -3.05. The number of nitrogens with zero attached hydrogens (tertiary/aromatic N) is 1. The van der Waals surface area contributed by atoms with Crippen LogP contribution in [0, 0.1) is 5.92 Å². The number of nitrogens with one attached hydrogen (secondary N) is 2. The normalized spacial score (nSPS) is 24.3. The lowest BCUT2D eigenvalue weighted by atomic mass is 9.77. The minimum atomic E-state index is -5.39. The summed E-state index contributed by atoms with van der Waals surface area (Å²) in [7, 11) is 0. The van der Waals surface area contributed by atoms with E-state index in [0.29, 0.717) is 0 Å². The van der Waals surface area contributed by atoms with Crippen LogP contribution in [0.5, 0.6) is 0 Å². The molecule has 0 radical (unpaired) electrons. The van der Waals surface area contributed by atoms with Crippen molar-refractivity contribution in [1.82, 2.24) is 15.6 Å². The molecule has 0 unspecified atom stereocenters. The number of carboxylic acid groups (broad SMARTS) is 1. The number of benzene rings is 1. The largest absolute Gasteiger partial charge is 0.545 e. The highest BCUT2D eigenvalue weighted by Crippen LogP contribution is 2.43. The van der Waals surface area contributed by atoms with Crippen LogP contribution in [0.4, 0.5) is 18.0 Å². The zero-order valence-corrected chi connectivity index (χ0v) is 14.4. The standard InChI is InChI=1S/C18H14F3N3O5/c19-18(20,21)17(29)12(14(25)11-2-1-7-22-8-11)13(23-16(28)24-17)9-3-5-10(6-4-9)15(26)27/h1-8,12-13,29H,(H,26,27)(H2,23,24,28)/p-1/t12-,13+,17+/m0/s1. The molecule has 3 rings (SSSR count). The smallest absolute Gasteiger partial charge is 0.437 e. The summed E-state index contributed by atoms with van der Waals surface area (Å²) in [5, 5.41) is 24.9. The highest BCUT2D eigenvalue weighted by molar-refractivity contribution is 6.00. The number of ketones is 1. The Balaban J connectivity index is 2.14. The molecular weight excluding hydrogens is 395 g/mol. The van der Waals surface area contributed by atoms with Gasteiger partial charge in [0, 0.05) is 18.0 Å². The molecule has 1 aromatic carbocycles. The molecule has 11 heteroatoms. The van der Waals surface area contributed by atoms with E-state index in [9.17, 15) is 37.8 Å². The number of aromatic carboxylic acids is 1. The van der Waals surface area contributed by atoms with E-state index in [0.717, 1.165) is 30.5 Å². The summed E-state index contributed by atoms with van der Waals surface area (Å²) in [5.41, 5.74) is -4.36. The molecule has 1 aliphatic heterocycles. The number of Topliss-reactive ketones (excluding diaryl/α,β-unsaturated/α-hetero) is 1. The van der Waals surface area contributed by atoms with E-state index in [1.54, 1.807) is 0 Å². The average Bonchev–Trinajstić information content (AvgIpc) is 2.67. The number of aromatic nitrogens is 1. The van der Waals surface area contributed by atoms with E-state index in [-0.39, 0.29) is 16.7 Å². The van der Waals surface area contributed by atoms with Gasteiger partial charge in [0.1, 0.15) is 5.92 Å². The van der Waals surface area contributed by atoms with Gasteiger partial charge in [-0.2, -0.15) is 13.2 Å². The summed E-state index contributed by atoms with van der Waals surface area (Å²) < 4.78 is 41.2. The van der Waals surface area contributed by atoms with Gasteiger partial charge in [-0.15, -0.1) is 0 Å². The van der Waals surface area contributed by atoms with Gasteiger partial charge in [-0.3, -0.25) is 9.78 Å². The van der Waals surface area contributed by atoms with E-state index < -0.39 is 41.6 Å². The minimum Gasteiger partial charge on any atom is -0.545 e. The van der Waals surface area contributed by atoms with Gasteiger partial charge in [0.25, 0.3) is 0 Å². The summed E-state index contributed by atoms with van der Waals surface area (Å²) >= 11 is 0. The van der Waals surface area contributed by atoms with Gasteiger partial charge >= 0.3 is 12.2 Å². The molecular formula is C18H13F3N3O5-. The maximum absolute atomic E-state index is 13.7. The number of hydrogen-bond acceptors (Lipinski definition) is 6. The number of halogens is 3. The molecule has 0 bridgehead atoms. The summed E-state index contributed by atoms with van der Waals surface area (Å²) in [6.45, 7) is 0. The molecule has 3 N–H and O–H groups in total. The van der Waals surface area contributed by atoms with Gasteiger partial charge in [0.05, 0.1) is 12.0 Å². The fourth-order valence-corrected chi connectivity index (χ4v) is 3.13. The fraction of sp³-hybridized carbons (Fsp3) is 0.222. The second-order valence-corrected chi connectivity index (χ2v) is 6.33. The quantitative estimate of drug-likeness (QED) is 0.633. The predicted octanol–water partition coefficient (Wildman–Crippen LogP) is 0.549. The van der Waals surface area contributed by atoms with Crippen LogP contribution in [0.3, 0.4) is 0 Å². The first-order valence-electron chi connectivity index (χ1n) is 8.18. The van der Waals surface area contributed by atoms with Crippen LogP contribution in [0.25, 0.3) is 0 Å². The molecule has 2 amide bonds. The van der Waals surface area contributed by atoms with Crippen molar-refractivity contribution in [3.63, 3.8) is 0 Å². The van der Waals surface area contributed by atoms with Gasteiger partial charge in [0.15, 0.2) is 5.78 Å². The molecule has 0 saturated carbocycles. The van der Waals surface area contributed by atoms with E-state index >= 15 is 0 Å². The van der Waals surface area contributed by atoms with Crippen molar-refractivity contribution in [2.45, 2.75) is 17.9 Å². The van der Waals surface area contributed by atoms with Gasteiger partial charge < -0.3 is 25.6 Å². The van der Waals surface area contributed by atoms with Crippen molar-refractivity contribution in [3.05, 3.63) is 65.5 Å². The van der Waals surface area contributed by atoms with Gasteiger partial charge in [-0.1, -0.05) is 24.3 Å². The van der Waals surface area contributed by atoms with Crippen LogP contribution in [-0.4, -0.2) is 39.8 Å². The van der Waals surface area contributed by atoms with Crippen molar-refractivity contribution >= 4 is 17.8 Å². The van der Waals surface area contributed by atoms with Crippen LogP contribution in [0.2, 0.25) is 0 Å². The number of carbonyl (C=O) groups excluding carboxylic acids is 3. The topological polar surface area (TPSA) is 131 Å². The number of carbonyl (C=O) groups is 3. The first-order chi connectivity index (χ1) is 13.5. The van der Waals surface area contributed by atoms with E-state index in [1.807, 2.05) is 0 Å². The van der Waals surface area contributed by atoms with Crippen LogP contribution in [0.1, 0.15) is 32.3 Å². The molecule has 1 fully saturated rings. The molecule has 152 valence electrons. The highest BCUT2D eigenvalue weighted by atomic mass is 19.4. The number of rotatable bonds is 4. The maximum Gasteiger partial charge on any atom is 0.437 e. The molecule has 29 heavy (non-hydrogen) atoms. The number of pyridine rings is 1. The zero-order valence-electron chi connectivity index (χ0n) is 14.4. The zero-order chi connectivity index (χ0) is 21.4. The predicted molar refractivity (Wildman–Crippen MR) is 88.2 cm³/mol. The monoisotopic (exact) mass is 408 g/mol. The number of amides is 2. The van der Waals surface area contributed by atoms with Crippen molar-refractivity contribution in [1.29, 1.82) is 0 Å². The summed E-state index contributed by atoms with van der Waals surface area (Å²) in [4.78, 5) is 39.4. The lowest BCUT2D eigenvalue weighted by Gasteiger charge is -2.45. The first-order valence-corrected chi connectivity index (χ1v) is 8.18. The fourth-order valence-electron chi connectivity index (χ4n) is 3.13. The Morgan fingerprint density at radius 3 is 2.31 bits per heavy atom. The van der Waals surface area contributed by atoms with E-state index in [4.69, 9.17) is 0 Å². The van der Waals surface area contributed by atoms with Crippen molar-refractivity contribution < 1.29 is 37.8 Å². The first kappa shape index (κ1) is 20.3. The summed E-state index contributed by atoms with van der Waals surface area (Å²) in [6, 6.07) is 3.95. The van der Waals surface area contributed by atoms with Gasteiger partial charge in [-0.25, -0.2) is 4.79 Å². The van der Waals surface area contributed by atoms with Crippen molar-refractivity contribution in [3.8, 4) is 0 Å². The molecule has 1 aliphatic rings. The highest BCUT2D eigenvalue weighted by Gasteiger charge is 2.66. The third-order valence-corrected chi connectivity index (χ3v) is 4.54. The van der Waals surface area contributed by atoms with Crippen molar-refractivity contribution in [2.75, 3.05) is 0 Å². The Morgan fingerprint density at radius 1 is 1.14 bits per heavy atom. The van der Waals surface area contributed by atoms with Crippen LogP contribution < -0.4 is 15.7 Å². The number of alkyl halides is 3. The Hall–Kier alpha value is -3.47. The van der Waals surface area contributed by atoms with Crippen molar-refractivity contribution in [2.24, 2.45) is 5.92 Å². The molecule has 3 atom stereocenters. The minimum absolute atomic E-state index is 0.0187. The second-order valence-electron chi connectivity index (χ2n) is 6.33. The molecule has 2 aromatic rings. The Bertz CT molecular complexity index is 949. The van der Waals surface area contributed by atoms with Crippen LogP contribution >= 0.6 is 0 Å². The molecule has 0 aliphatic carbocycles. The Morgan fingerprint density at radius 2 is 1.79 bits per heavy atom. The lowest BCUT2D eigenvalue weighted by molar-refractivity contribution is -0.287. The SMILES string of the molecule is O=C1N[C@H](c2ccc(C(=O)[O-])cc2)[C@@H](C(=O)c2cccnc2)[C@@](O)(C(F)(F)F)N1. The third-order valence-electron chi connectivity index (χ3n) is 4.54. The number of carboxylic acids is 1. The van der Waals surface area contributed by atoms with Crippen LogP contribution in [-0.2, 0) is 0 Å². The number of aliphatic hydroxyl groups is 1. The second kappa shape index (κ2) is 7.17. The maximum atomic E-state index is 13.7. The average molecular weight is 408 g/mol. The molecule has 8 nitrogen and oxygen atoms in total. The third kappa shape index (κ3) is 3.63. The van der Waals surface area contributed by atoms with Gasteiger partial charge in [-0.05, 0) is 23.3 Å². The molecule has 1 aromatic heterocycles. The van der Waals surface area contributed by atoms with E-state index in [2.05, 4.69) is 10.3 Å². The number of hydrogen-bond donors (Lipinski definition) is 3.